The molecule has 0 radical (unpaired) electrons. The van der Waals surface area contributed by atoms with Crippen molar-refractivity contribution in [3.63, 3.8) is 0 Å². The van der Waals surface area contributed by atoms with Gasteiger partial charge in [0.05, 0.1) is 0 Å². The molecule has 1 aliphatic carbocycles. The van der Waals surface area contributed by atoms with Crippen LogP contribution in [0.2, 0.25) is 0 Å². The lowest BCUT2D eigenvalue weighted by atomic mass is 9.76. The Kier molecular flexibility index (Phi) is 10.2. The first kappa shape index (κ1) is 20.2. The summed E-state index contributed by atoms with van der Waals surface area (Å²) in [5.41, 5.74) is -0.415. The third-order valence-corrected chi connectivity index (χ3v) is 5.35. The van der Waals surface area contributed by atoms with E-state index in [-0.39, 0.29) is 5.91 Å². The van der Waals surface area contributed by atoms with Crippen molar-refractivity contribution in [3.05, 3.63) is 0 Å². The van der Waals surface area contributed by atoms with E-state index in [4.69, 9.17) is 0 Å². The van der Waals surface area contributed by atoms with Gasteiger partial charge < -0.3 is 9.69 Å². The van der Waals surface area contributed by atoms with Gasteiger partial charge in [-0.3, -0.25) is 4.79 Å². The molecule has 3 heteroatoms. The molecule has 23 heavy (non-hydrogen) atoms. The van der Waals surface area contributed by atoms with Crippen LogP contribution in [0.1, 0.15) is 96.3 Å². The zero-order valence-electron chi connectivity index (χ0n) is 15.4. The van der Waals surface area contributed by atoms with Crippen LogP contribution in [0.5, 0.6) is 0 Å². The van der Waals surface area contributed by atoms with Crippen molar-refractivity contribution in [2.24, 2.45) is 5.41 Å². The van der Waals surface area contributed by atoms with Gasteiger partial charge in [-0.25, -0.2) is 0 Å². The van der Waals surface area contributed by atoms with Gasteiger partial charge in [-0.2, -0.15) is 0 Å². The van der Waals surface area contributed by atoms with E-state index >= 15 is 0 Å². The van der Waals surface area contributed by atoms with Gasteiger partial charge >= 0.3 is 0 Å². The summed E-state index contributed by atoms with van der Waals surface area (Å²) in [6, 6.07) is 0. The first-order valence-corrected chi connectivity index (χ1v) is 9.76. The van der Waals surface area contributed by atoms with Gasteiger partial charge in [0, 0.05) is 25.9 Å². The zero-order chi connectivity index (χ0) is 17.0. The maximum absolute atomic E-state index is 12.2. The fourth-order valence-corrected chi connectivity index (χ4v) is 3.64. The molecule has 1 fully saturated rings. The second-order valence-corrected chi connectivity index (χ2v) is 7.69. The smallest absolute Gasteiger partial charge is 0.223 e. The molecule has 0 aliphatic heterocycles. The SMILES string of the molecule is CN(C)C(=O)CC1(C=O)CCCCCCCCCCCCCC1. The van der Waals surface area contributed by atoms with Crippen LogP contribution in [0.4, 0.5) is 0 Å². The molecule has 0 aromatic heterocycles. The van der Waals surface area contributed by atoms with E-state index in [2.05, 4.69) is 0 Å². The van der Waals surface area contributed by atoms with Crippen molar-refractivity contribution >= 4 is 12.2 Å². The Morgan fingerprint density at radius 2 is 1.13 bits per heavy atom. The van der Waals surface area contributed by atoms with E-state index in [9.17, 15) is 9.59 Å². The second-order valence-electron chi connectivity index (χ2n) is 7.69. The molecule has 3 nitrogen and oxygen atoms in total. The number of carbonyl (C=O) groups is 2. The number of nitrogens with zero attached hydrogens (tertiary/aromatic N) is 1. The Balaban J connectivity index is 2.61. The van der Waals surface area contributed by atoms with Crippen molar-refractivity contribution in [2.75, 3.05) is 14.1 Å². The standard InChI is InChI=1S/C20H37NO2/c1-21(2)19(23)17-20(18-22)15-13-11-9-7-5-3-4-6-8-10-12-14-16-20/h18H,3-17H2,1-2H3. The minimum atomic E-state index is -0.415. The van der Waals surface area contributed by atoms with Crippen molar-refractivity contribution in [1.82, 2.24) is 4.90 Å². The molecule has 0 aromatic rings. The first-order chi connectivity index (χ1) is 11.1. The highest BCUT2D eigenvalue weighted by Crippen LogP contribution is 2.34. The van der Waals surface area contributed by atoms with Crippen LogP contribution >= 0.6 is 0 Å². The summed E-state index contributed by atoms with van der Waals surface area (Å²) in [6.07, 6.45) is 18.5. The normalized spacial score (nSPS) is 21.7. The first-order valence-electron chi connectivity index (χ1n) is 9.76. The van der Waals surface area contributed by atoms with E-state index in [0.29, 0.717) is 6.42 Å². The minimum absolute atomic E-state index is 0.0926. The van der Waals surface area contributed by atoms with Crippen LogP contribution in [0.3, 0.4) is 0 Å². The molecule has 1 rings (SSSR count). The average molecular weight is 324 g/mol. The molecule has 1 amide bonds. The highest BCUT2D eigenvalue weighted by atomic mass is 16.2. The Bertz CT molecular complexity index is 323. The lowest BCUT2D eigenvalue weighted by molar-refractivity contribution is -0.134. The molecular formula is C20H37NO2. The number of hydrogen-bond donors (Lipinski definition) is 0. The zero-order valence-corrected chi connectivity index (χ0v) is 15.4. The molecule has 0 saturated heterocycles. The van der Waals surface area contributed by atoms with Gasteiger partial charge in [-0.05, 0) is 12.8 Å². The largest absolute Gasteiger partial charge is 0.349 e. The number of hydrogen-bond acceptors (Lipinski definition) is 2. The van der Waals surface area contributed by atoms with E-state index in [1.807, 2.05) is 0 Å². The van der Waals surface area contributed by atoms with E-state index in [0.717, 1.165) is 32.0 Å². The van der Waals surface area contributed by atoms with Crippen LogP contribution in [-0.2, 0) is 9.59 Å². The molecule has 0 atom stereocenters. The highest BCUT2D eigenvalue weighted by Gasteiger charge is 2.32. The van der Waals surface area contributed by atoms with E-state index in [1.165, 1.54) is 64.2 Å². The average Bonchev–Trinajstić information content (AvgIpc) is 2.54. The van der Waals surface area contributed by atoms with Crippen LogP contribution in [0.25, 0.3) is 0 Å². The second kappa shape index (κ2) is 11.6. The third-order valence-electron chi connectivity index (χ3n) is 5.35. The van der Waals surface area contributed by atoms with Crippen molar-refractivity contribution in [2.45, 2.75) is 96.3 Å². The summed E-state index contributed by atoms with van der Waals surface area (Å²) in [7, 11) is 3.57. The Morgan fingerprint density at radius 1 is 0.783 bits per heavy atom. The molecule has 1 saturated carbocycles. The summed E-state index contributed by atoms with van der Waals surface area (Å²) in [4.78, 5) is 25.7. The summed E-state index contributed by atoms with van der Waals surface area (Å²) in [5, 5.41) is 0. The molecule has 0 spiro atoms. The maximum atomic E-state index is 12.2. The maximum Gasteiger partial charge on any atom is 0.223 e. The van der Waals surface area contributed by atoms with E-state index < -0.39 is 5.41 Å². The molecule has 0 unspecified atom stereocenters. The van der Waals surface area contributed by atoms with Gasteiger partial charge in [-0.1, -0.05) is 77.0 Å². The fraction of sp³-hybridized carbons (Fsp3) is 0.900. The van der Waals surface area contributed by atoms with Crippen molar-refractivity contribution < 1.29 is 9.59 Å². The van der Waals surface area contributed by atoms with Crippen molar-refractivity contribution in [1.29, 1.82) is 0 Å². The highest BCUT2D eigenvalue weighted by molar-refractivity contribution is 5.80. The number of carbonyl (C=O) groups excluding carboxylic acids is 2. The van der Waals surface area contributed by atoms with Gasteiger partial charge in [0.15, 0.2) is 0 Å². The summed E-state index contributed by atoms with van der Waals surface area (Å²) in [5.74, 6) is 0.0926. The van der Waals surface area contributed by atoms with Gasteiger partial charge in [-0.15, -0.1) is 0 Å². The number of rotatable bonds is 3. The Morgan fingerprint density at radius 3 is 1.43 bits per heavy atom. The quantitative estimate of drug-likeness (QED) is 0.676. The molecule has 1 aliphatic rings. The monoisotopic (exact) mass is 323 g/mol. The number of aldehydes is 1. The molecule has 0 bridgehead atoms. The summed E-state index contributed by atoms with van der Waals surface area (Å²) >= 11 is 0. The van der Waals surface area contributed by atoms with Crippen LogP contribution in [0, 0.1) is 5.41 Å². The molecule has 0 aromatic carbocycles. The van der Waals surface area contributed by atoms with E-state index in [1.54, 1.807) is 19.0 Å². The lowest BCUT2D eigenvalue weighted by Gasteiger charge is -2.29. The summed E-state index contributed by atoms with van der Waals surface area (Å²) in [6.45, 7) is 0. The minimum Gasteiger partial charge on any atom is -0.349 e. The van der Waals surface area contributed by atoms with Crippen molar-refractivity contribution in [3.8, 4) is 0 Å². The third kappa shape index (κ3) is 8.53. The van der Waals surface area contributed by atoms with Crippen LogP contribution in [0.15, 0.2) is 0 Å². The Labute approximate surface area is 143 Å². The summed E-state index contributed by atoms with van der Waals surface area (Å²) < 4.78 is 0. The number of amides is 1. The predicted molar refractivity (Wildman–Crippen MR) is 96.4 cm³/mol. The molecular weight excluding hydrogens is 286 g/mol. The van der Waals surface area contributed by atoms with Gasteiger partial charge in [0.25, 0.3) is 0 Å². The van der Waals surface area contributed by atoms with Gasteiger partial charge in [0.1, 0.15) is 6.29 Å². The van der Waals surface area contributed by atoms with Crippen LogP contribution < -0.4 is 0 Å². The van der Waals surface area contributed by atoms with Gasteiger partial charge in [0.2, 0.25) is 5.91 Å². The molecule has 0 N–H and O–H groups in total. The lowest BCUT2D eigenvalue weighted by Crippen LogP contribution is -2.32. The fourth-order valence-electron chi connectivity index (χ4n) is 3.64. The van der Waals surface area contributed by atoms with Crippen LogP contribution in [-0.4, -0.2) is 31.2 Å². The topological polar surface area (TPSA) is 37.4 Å². The Hall–Kier alpha value is -0.860. The molecule has 0 heterocycles. The molecule has 134 valence electrons. The predicted octanol–water partition coefficient (Wildman–Crippen LogP) is 5.13.